The van der Waals surface area contributed by atoms with Gasteiger partial charge in [-0.15, -0.1) is 0 Å². The van der Waals surface area contributed by atoms with Crippen LogP contribution >= 0.6 is 11.8 Å². The molecule has 6 heteroatoms. The largest absolute Gasteiger partial charge is 0.337 e. The topological polar surface area (TPSA) is 62.8 Å². The molecule has 0 aliphatic carbocycles. The van der Waals surface area contributed by atoms with E-state index in [1.54, 1.807) is 23.9 Å². The minimum atomic E-state index is -3.13. The quantitative estimate of drug-likeness (QED) is 0.861. The third-order valence-corrected chi connectivity index (χ3v) is 5.24. The molecule has 0 amide bonds. The molecule has 1 N–H and O–H groups in total. The smallest absolute Gasteiger partial charge is 0.175 e. The van der Waals surface area contributed by atoms with Gasteiger partial charge in [0.1, 0.15) is 0 Å². The van der Waals surface area contributed by atoms with Crippen molar-refractivity contribution in [3.63, 3.8) is 0 Å². The molecule has 0 aliphatic rings. The van der Waals surface area contributed by atoms with Gasteiger partial charge in [0, 0.05) is 23.4 Å². The van der Waals surface area contributed by atoms with Crippen LogP contribution in [0.5, 0.6) is 0 Å². The summed E-state index contributed by atoms with van der Waals surface area (Å²) in [7, 11) is -3.13. The number of nitrogens with zero attached hydrogens (tertiary/aromatic N) is 1. The Morgan fingerprint density at radius 2 is 1.95 bits per heavy atom. The van der Waals surface area contributed by atoms with E-state index in [1.807, 2.05) is 18.3 Å². The minimum absolute atomic E-state index is 0.208. The van der Waals surface area contributed by atoms with Gasteiger partial charge in [-0.3, -0.25) is 0 Å². The molecule has 0 saturated heterocycles. The van der Waals surface area contributed by atoms with Crippen LogP contribution in [0.15, 0.2) is 40.5 Å². The number of hydrogen-bond donors (Lipinski definition) is 1. The van der Waals surface area contributed by atoms with E-state index >= 15 is 0 Å². The molecular formula is C14H18N2O2S2. The molecule has 0 spiro atoms. The van der Waals surface area contributed by atoms with Crippen LogP contribution < -0.4 is 0 Å². The Morgan fingerprint density at radius 3 is 2.45 bits per heavy atom. The number of nitrogens with one attached hydrogen (secondary N) is 1. The van der Waals surface area contributed by atoms with E-state index < -0.39 is 9.84 Å². The zero-order valence-corrected chi connectivity index (χ0v) is 13.4. The maximum atomic E-state index is 11.4. The van der Waals surface area contributed by atoms with Gasteiger partial charge in [0.2, 0.25) is 0 Å². The number of benzene rings is 1. The number of aromatic amines is 1. The Bertz CT molecular complexity index is 675. The van der Waals surface area contributed by atoms with Crippen LogP contribution in [0, 0.1) is 0 Å². The molecule has 1 heterocycles. The molecule has 2 aromatic rings. The third-order valence-electron chi connectivity index (χ3n) is 3.05. The number of thioether (sulfide) groups is 1. The molecule has 1 atom stereocenters. The summed E-state index contributed by atoms with van der Waals surface area (Å²) >= 11 is 1.63. The molecule has 1 aromatic carbocycles. The van der Waals surface area contributed by atoms with Crippen molar-refractivity contribution in [1.29, 1.82) is 0 Å². The SMILES string of the molecule is CCc1cnc(S[C@H](C)c2ccc(S(C)(=O)=O)cc2)[nH]1. The van der Waals surface area contributed by atoms with Crippen molar-refractivity contribution in [2.45, 2.75) is 35.6 Å². The van der Waals surface area contributed by atoms with Crippen LogP contribution in [-0.2, 0) is 16.3 Å². The normalized spacial score (nSPS) is 13.3. The van der Waals surface area contributed by atoms with Gasteiger partial charge in [-0.2, -0.15) is 0 Å². The molecule has 2 rings (SSSR count). The van der Waals surface area contributed by atoms with Crippen LogP contribution in [0.3, 0.4) is 0 Å². The van der Waals surface area contributed by atoms with Crippen LogP contribution in [0.1, 0.15) is 30.4 Å². The molecule has 4 nitrogen and oxygen atoms in total. The maximum Gasteiger partial charge on any atom is 0.175 e. The van der Waals surface area contributed by atoms with E-state index in [-0.39, 0.29) is 5.25 Å². The molecule has 1 aromatic heterocycles. The molecule has 0 fully saturated rings. The highest BCUT2D eigenvalue weighted by Crippen LogP contribution is 2.33. The van der Waals surface area contributed by atoms with Gasteiger partial charge in [-0.25, -0.2) is 13.4 Å². The highest BCUT2D eigenvalue weighted by molar-refractivity contribution is 7.99. The fourth-order valence-corrected chi connectivity index (χ4v) is 3.36. The molecule has 108 valence electrons. The lowest BCUT2D eigenvalue weighted by atomic mass is 10.2. The van der Waals surface area contributed by atoms with Crippen molar-refractivity contribution < 1.29 is 8.42 Å². The molecular weight excluding hydrogens is 292 g/mol. The Labute approximate surface area is 123 Å². The average molecular weight is 310 g/mol. The summed E-state index contributed by atoms with van der Waals surface area (Å²) in [6, 6.07) is 7.03. The first-order chi connectivity index (χ1) is 9.40. The lowest BCUT2D eigenvalue weighted by Crippen LogP contribution is -1.97. The fraction of sp³-hybridized carbons (Fsp3) is 0.357. The van der Waals surface area contributed by atoms with Gasteiger partial charge in [0.15, 0.2) is 15.0 Å². The second-order valence-electron chi connectivity index (χ2n) is 4.67. The summed E-state index contributed by atoms with van der Waals surface area (Å²) in [4.78, 5) is 7.93. The Kier molecular flexibility index (Phi) is 4.55. The average Bonchev–Trinajstić information content (AvgIpc) is 2.85. The Hall–Kier alpha value is -1.27. The first kappa shape index (κ1) is 15.1. The highest BCUT2D eigenvalue weighted by Gasteiger charge is 2.12. The zero-order chi connectivity index (χ0) is 14.8. The molecule has 0 radical (unpaired) electrons. The monoisotopic (exact) mass is 310 g/mol. The predicted molar refractivity (Wildman–Crippen MR) is 81.8 cm³/mol. The maximum absolute atomic E-state index is 11.4. The van der Waals surface area contributed by atoms with Gasteiger partial charge in [0.05, 0.1) is 4.90 Å². The van der Waals surface area contributed by atoms with Crippen molar-refractivity contribution in [2.24, 2.45) is 0 Å². The Balaban J connectivity index is 2.11. The number of H-pyrrole nitrogens is 1. The van der Waals surface area contributed by atoms with Crippen molar-refractivity contribution >= 4 is 21.6 Å². The van der Waals surface area contributed by atoms with Crippen LogP contribution in [-0.4, -0.2) is 24.6 Å². The van der Waals surface area contributed by atoms with Gasteiger partial charge < -0.3 is 4.98 Å². The van der Waals surface area contributed by atoms with Gasteiger partial charge in [0.25, 0.3) is 0 Å². The number of rotatable bonds is 5. The molecule has 0 unspecified atom stereocenters. The lowest BCUT2D eigenvalue weighted by molar-refractivity contribution is 0.602. The van der Waals surface area contributed by atoms with E-state index in [2.05, 4.69) is 23.8 Å². The van der Waals surface area contributed by atoms with Crippen molar-refractivity contribution in [3.05, 3.63) is 41.7 Å². The second-order valence-corrected chi connectivity index (χ2v) is 8.01. The van der Waals surface area contributed by atoms with Crippen LogP contribution in [0.25, 0.3) is 0 Å². The van der Waals surface area contributed by atoms with Crippen molar-refractivity contribution in [1.82, 2.24) is 9.97 Å². The number of imidazole rings is 1. The summed E-state index contributed by atoms with van der Waals surface area (Å²) in [5.41, 5.74) is 2.20. The van der Waals surface area contributed by atoms with Crippen molar-refractivity contribution in [2.75, 3.05) is 6.26 Å². The third kappa shape index (κ3) is 3.64. The van der Waals surface area contributed by atoms with E-state index in [1.165, 1.54) is 6.26 Å². The summed E-state index contributed by atoms with van der Waals surface area (Å²) in [6.07, 6.45) is 4.00. The first-order valence-electron chi connectivity index (χ1n) is 6.40. The van der Waals surface area contributed by atoms with Gasteiger partial charge in [-0.05, 0) is 31.0 Å². The molecule has 0 saturated carbocycles. The summed E-state index contributed by atoms with van der Waals surface area (Å²) < 4.78 is 22.8. The van der Waals surface area contributed by atoms with Gasteiger partial charge >= 0.3 is 0 Å². The van der Waals surface area contributed by atoms with Crippen molar-refractivity contribution in [3.8, 4) is 0 Å². The molecule has 0 aliphatic heterocycles. The highest BCUT2D eigenvalue weighted by atomic mass is 32.2. The number of hydrogen-bond acceptors (Lipinski definition) is 4. The minimum Gasteiger partial charge on any atom is -0.337 e. The van der Waals surface area contributed by atoms with Gasteiger partial charge in [-0.1, -0.05) is 30.8 Å². The summed E-state index contributed by atoms with van der Waals surface area (Å²) in [5.74, 6) is 0. The second kappa shape index (κ2) is 6.01. The Morgan fingerprint density at radius 1 is 1.30 bits per heavy atom. The number of aryl methyl sites for hydroxylation is 1. The van der Waals surface area contributed by atoms with E-state index in [4.69, 9.17) is 0 Å². The van der Waals surface area contributed by atoms with E-state index in [9.17, 15) is 8.42 Å². The molecule has 20 heavy (non-hydrogen) atoms. The van der Waals surface area contributed by atoms with Crippen LogP contribution in [0.2, 0.25) is 0 Å². The lowest BCUT2D eigenvalue weighted by Gasteiger charge is -2.10. The van der Waals surface area contributed by atoms with Crippen LogP contribution in [0.4, 0.5) is 0 Å². The fourth-order valence-electron chi connectivity index (χ4n) is 1.80. The van der Waals surface area contributed by atoms with E-state index in [0.29, 0.717) is 4.90 Å². The number of aromatic nitrogens is 2. The standard InChI is InChI=1S/C14H18N2O2S2/c1-4-12-9-15-14(16-12)19-10(2)11-5-7-13(8-6-11)20(3,17)18/h5-10H,4H2,1-3H3,(H,15,16)/t10-/m1/s1. The summed E-state index contributed by atoms with van der Waals surface area (Å²) in [5, 5.41) is 1.10. The first-order valence-corrected chi connectivity index (χ1v) is 9.18. The summed E-state index contributed by atoms with van der Waals surface area (Å²) in [6.45, 7) is 4.16. The predicted octanol–water partition coefficient (Wildman–Crippen LogP) is 3.23. The number of sulfone groups is 1. The van der Waals surface area contributed by atoms with E-state index in [0.717, 1.165) is 22.8 Å². The zero-order valence-electron chi connectivity index (χ0n) is 11.8. The molecule has 0 bridgehead atoms.